The fourth-order valence-electron chi connectivity index (χ4n) is 0.871. The van der Waals surface area contributed by atoms with Crippen molar-refractivity contribution in [2.24, 2.45) is 0 Å². The standard InChI is InChI=1S/C7H12NOPS/c1-6-8-7(5-11-6)4-10(2,3)9/h5H,4H2,1-3H3. The highest BCUT2D eigenvalue weighted by Crippen LogP contribution is 2.40. The summed E-state index contributed by atoms with van der Waals surface area (Å²) in [5, 5.41) is 3.03. The van der Waals surface area contributed by atoms with Crippen LogP contribution in [0.3, 0.4) is 0 Å². The molecule has 1 aromatic rings. The number of hydrogen-bond acceptors (Lipinski definition) is 3. The first-order valence-corrected chi connectivity index (χ1v) is 7.09. The number of rotatable bonds is 2. The molecule has 0 atom stereocenters. The van der Waals surface area contributed by atoms with Crippen LogP contribution in [0.4, 0.5) is 0 Å². The van der Waals surface area contributed by atoms with E-state index in [1.165, 1.54) is 0 Å². The Balaban J connectivity index is 2.73. The van der Waals surface area contributed by atoms with Crippen LogP contribution in [0.5, 0.6) is 0 Å². The summed E-state index contributed by atoms with van der Waals surface area (Å²) in [6, 6.07) is 0. The smallest absolute Gasteiger partial charge is 0.0897 e. The van der Waals surface area contributed by atoms with E-state index < -0.39 is 7.14 Å². The highest BCUT2D eigenvalue weighted by Gasteiger charge is 2.09. The largest absolute Gasteiger partial charge is 0.324 e. The topological polar surface area (TPSA) is 30.0 Å². The molecule has 0 fully saturated rings. The number of thiazole rings is 1. The van der Waals surface area contributed by atoms with E-state index in [1.54, 1.807) is 24.7 Å². The van der Waals surface area contributed by atoms with Gasteiger partial charge in [0.05, 0.1) is 17.8 Å². The van der Waals surface area contributed by atoms with Crippen molar-refractivity contribution >= 4 is 18.5 Å². The van der Waals surface area contributed by atoms with Gasteiger partial charge in [0.1, 0.15) is 0 Å². The minimum absolute atomic E-state index is 0.636. The molecule has 2 nitrogen and oxygen atoms in total. The van der Waals surface area contributed by atoms with Crippen LogP contribution in [-0.4, -0.2) is 18.3 Å². The molecular formula is C7H12NOPS. The summed E-state index contributed by atoms with van der Waals surface area (Å²) in [5.74, 6) is 0. The van der Waals surface area contributed by atoms with E-state index in [9.17, 15) is 4.57 Å². The monoisotopic (exact) mass is 189 g/mol. The van der Waals surface area contributed by atoms with Gasteiger partial charge in [0.15, 0.2) is 0 Å². The SMILES string of the molecule is Cc1nc(CP(C)(C)=O)cs1. The van der Waals surface area contributed by atoms with Crippen molar-refractivity contribution in [2.75, 3.05) is 13.3 Å². The van der Waals surface area contributed by atoms with E-state index in [1.807, 2.05) is 12.3 Å². The van der Waals surface area contributed by atoms with Crippen molar-refractivity contribution in [2.45, 2.75) is 13.1 Å². The lowest BCUT2D eigenvalue weighted by molar-refractivity contribution is 0.581. The molecule has 0 aliphatic rings. The summed E-state index contributed by atoms with van der Waals surface area (Å²) >= 11 is 1.61. The zero-order valence-electron chi connectivity index (χ0n) is 7.00. The van der Waals surface area contributed by atoms with Crippen LogP contribution in [0.15, 0.2) is 5.38 Å². The third kappa shape index (κ3) is 3.17. The lowest BCUT2D eigenvalue weighted by atomic mass is 10.6. The van der Waals surface area contributed by atoms with Crippen LogP contribution in [0.1, 0.15) is 10.7 Å². The van der Waals surface area contributed by atoms with Gasteiger partial charge < -0.3 is 4.57 Å². The van der Waals surface area contributed by atoms with E-state index in [2.05, 4.69) is 4.98 Å². The maximum absolute atomic E-state index is 11.4. The first-order valence-electron chi connectivity index (χ1n) is 3.42. The van der Waals surface area contributed by atoms with Crippen molar-refractivity contribution in [3.8, 4) is 0 Å². The Bertz CT molecular complexity index is 288. The van der Waals surface area contributed by atoms with Gasteiger partial charge in [-0.25, -0.2) is 4.98 Å². The fourth-order valence-corrected chi connectivity index (χ4v) is 2.55. The second-order valence-electron chi connectivity index (χ2n) is 3.09. The van der Waals surface area contributed by atoms with Gasteiger partial charge in [0, 0.05) is 11.5 Å². The summed E-state index contributed by atoms with van der Waals surface area (Å²) < 4.78 is 11.4. The predicted octanol–water partition coefficient (Wildman–Crippen LogP) is 2.57. The highest BCUT2D eigenvalue weighted by atomic mass is 32.1. The van der Waals surface area contributed by atoms with Crippen LogP contribution in [0.2, 0.25) is 0 Å². The number of nitrogens with zero attached hydrogens (tertiary/aromatic N) is 1. The Morgan fingerprint density at radius 3 is 2.64 bits per heavy atom. The van der Waals surface area contributed by atoms with Crippen molar-refractivity contribution < 1.29 is 4.57 Å². The molecule has 4 heteroatoms. The van der Waals surface area contributed by atoms with E-state index in [4.69, 9.17) is 0 Å². The quantitative estimate of drug-likeness (QED) is 0.669. The average Bonchev–Trinajstić information content (AvgIpc) is 2.10. The Labute approximate surface area is 71.0 Å². The third-order valence-corrected chi connectivity index (χ3v) is 3.12. The number of aromatic nitrogens is 1. The molecular weight excluding hydrogens is 177 g/mol. The zero-order chi connectivity index (χ0) is 8.48. The molecule has 1 rings (SSSR count). The van der Waals surface area contributed by atoms with E-state index in [0.29, 0.717) is 6.16 Å². The molecule has 0 saturated heterocycles. The normalized spacial score (nSPS) is 11.9. The first-order chi connectivity index (χ1) is 4.97. The first kappa shape index (κ1) is 8.95. The summed E-state index contributed by atoms with van der Waals surface area (Å²) in [6.07, 6.45) is 0.636. The van der Waals surface area contributed by atoms with Gasteiger partial charge in [-0.2, -0.15) is 0 Å². The van der Waals surface area contributed by atoms with E-state index in [0.717, 1.165) is 10.7 Å². The van der Waals surface area contributed by atoms with E-state index >= 15 is 0 Å². The maximum atomic E-state index is 11.4. The molecule has 0 radical (unpaired) electrons. The molecule has 1 aromatic heterocycles. The average molecular weight is 189 g/mol. The van der Waals surface area contributed by atoms with Gasteiger partial charge >= 0.3 is 0 Å². The van der Waals surface area contributed by atoms with Crippen LogP contribution in [0.25, 0.3) is 0 Å². The minimum Gasteiger partial charge on any atom is -0.324 e. The Kier molecular flexibility index (Phi) is 2.50. The molecule has 0 spiro atoms. The van der Waals surface area contributed by atoms with Gasteiger partial charge in [0.2, 0.25) is 0 Å². The van der Waals surface area contributed by atoms with Crippen LogP contribution in [0, 0.1) is 6.92 Å². The molecule has 0 aliphatic carbocycles. The summed E-state index contributed by atoms with van der Waals surface area (Å²) in [6.45, 7) is 5.55. The van der Waals surface area contributed by atoms with Gasteiger partial charge in [-0.15, -0.1) is 11.3 Å². The van der Waals surface area contributed by atoms with Crippen LogP contribution < -0.4 is 0 Å². The third-order valence-electron chi connectivity index (χ3n) is 1.21. The number of aryl methyl sites for hydroxylation is 1. The van der Waals surface area contributed by atoms with Gasteiger partial charge in [0.25, 0.3) is 0 Å². The molecule has 0 saturated carbocycles. The zero-order valence-corrected chi connectivity index (χ0v) is 8.71. The molecule has 0 aliphatic heterocycles. The van der Waals surface area contributed by atoms with Crippen LogP contribution in [-0.2, 0) is 10.7 Å². The molecule has 1 heterocycles. The Hall–Kier alpha value is -0.140. The molecule has 0 aromatic carbocycles. The van der Waals surface area contributed by atoms with Crippen LogP contribution >= 0.6 is 18.5 Å². The van der Waals surface area contributed by atoms with Crippen molar-refractivity contribution in [3.63, 3.8) is 0 Å². The molecule has 0 unspecified atom stereocenters. The van der Waals surface area contributed by atoms with E-state index in [-0.39, 0.29) is 0 Å². The second kappa shape index (κ2) is 3.08. The summed E-state index contributed by atoms with van der Waals surface area (Å²) in [5.41, 5.74) is 0.973. The van der Waals surface area contributed by atoms with Gasteiger partial charge in [-0.3, -0.25) is 0 Å². The van der Waals surface area contributed by atoms with Crippen molar-refractivity contribution in [1.82, 2.24) is 4.98 Å². The minimum atomic E-state index is -1.93. The van der Waals surface area contributed by atoms with Gasteiger partial charge in [-0.05, 0) is 20.3 Å². The highest BCUT2D eigenvalue weighted by molar-refractivity contribution is 7.61. The Morgan fingerprint density at radius 1 is 1.64 bits per heavy atom. The lowest BCUT2D eigenvalue weighted by Gasteiger charge is -2.01. The second-order valence-corrected chi connectivity index (χ2v) is 7.62. The van der Waals surface area contributed by atoms with Crippen molar-refractivity contribution in [1.29, 1.82) is 0 Å². The molecule has 62 valence electrons. The fraction of sp³-hybridized carbons (Fsp3) is 0.571. The Morgan fingerprint density at radius 2 is 2.27 bits per heavy atom. The van der Waals surface area contributed by atoms with Crippen molar-refractivity contribution in [3.05, 3.63) is 16.1 Å². The molecule has 0 amide bonds. The summed E-state index contributed by atoms with van der Waals surface area (Å²) in [4.78, 5) is 4.24. The molecule has 0 N–H and O–H groups in total. The number of hydrogen-bond donors (Lipinski definition) is 0. The molecule has 0 bridgehead atoms. The lowest BCUT2D eigenvalue weighted by Crippen LogP contribution is -1.85. The summed E-state index contributed by atoms with van der Waals surface area (Å²) in [7, 11) is -1.93. The predicted molar refractivity (Wildman–Crippen MR) is 50.0 cm³/mol. The molecule has 11 heavy (non-hydrogen) atoms. The maximum Gasteiger partial charge on any atom is 0.0897 e. The van der Waals surface area contributed by atoms with Gasteiger partial charge in [-0.1, -0.05) is 0 Å².